The minimum Gasteiger partial charge on any atom is -0.459 e. The third-order valence-electron chi connectivity index (χ3n) is 4.65. The number of nitrogens with zero attached hydrogens (tertiary/aromatic N) is 1. The highest BCUT2D eigenvalue weighted by molar-refractivity contribution is 7.88. The Bertz CT molecular complexity index is 923. The van der Waals surface area contributed by atoms with E-state index < -0.39 is 10.0 Å². The van der Waals surface area contributed by atoms with Crippen LogP contribution in [-0.2, 0) is 21.4 Å². The lowest BCUT2D eigenvalue weighted by molar-refractivity contribution is -0.126. The third kappa shape index (κ3) is 5.20. The van der Waals surface area contributed by atoms with Gasteiger partial charge < -0.3 is 15.1 Å². The van der Waals surface area contributed by atoms with Crippen molar-refractivity contribution in [2.24, 2.45) is 5.92 Å². The summed E-state index contributed by atoms with van der Waals surface area (Å²) in [5.41, 5.74) is 1.49. The second-order valence-corrected chi connectivity index (χ2v) is 8.79. The van der Waals surface area contributed by atoms with E-state index in [9.17, 15) is 18.0 Å². The number of furan rings is 1. The van der Waals surface area contributed by atoms with E-state index in [1.165, 1.54) is 16.8 Å². The molecule has 0 bridgehead atoms. The SMILES string of the molecule is CS(=O)(=O)N1CCCC(C(=O)NCc2ccc(NC(=O)c3ccco3)cc2)C1. The van der Waals surface area contributed by atoms with Crippen LogP contribution >= 0.6 is 0 Å². The fraction of sp³-hybridized carbons (Fsp3) is 0.368. The van der Waals surface area contributed by atoms with E-state index in [1.54, 1.807) is 24.3 Å². The first-order chi connectivity index (χ1) is 13.3. The summed E-state index contributed by atoms with van der Waals surface area (Å²) in [5.74, 6) is -0.593. The molecular formula is C19H23N3O5S. The third-order valence-corrected chi connectivity index (χ3v) is 5.92. The van der Waals surface area contributed by atoms with Crippen molar-refractivity contribution >= 4 is 27.5 Å². The van der Waals surface area contributed by atoms with Crippen LogP contribution < -0.4 is 10.6 Å². The Hall–Kier alpha value is -2.65. The van der Waals surface area contributed by atoms with Crippen molar-refractivity contribution in [1.82, 2.24) is 9.62 Å². The summed E-state index contributed by atoms with van der Waals surface area (Å²) in [6, 6.07) is 10.3. The van der Waals surface area contributed by atoms with Crippen molar-refractivity contribution < 1.29 is 22.4 Å². The fourth-order valence-electron chi connectivity index (χ4n) is 3.10. The number of nitrogens with one attached hydrogen (secondary N) is 2. The molecule has 1 aromatic carbocycles. The molecule has 1 aliphatic heterocycles. The Morgan fingerprint density at radius 2 is 1.96 bits per heavy atom. The summed E-state index contributed by atoms with van der Waals surface area (Å²) >= 11 is 0. The molecule has 1 unspecified atom stereocenters. The molecule has 3 rings (SSSR count). The van der Waals surface area contributed by atoms with E-state index in [0.717, 1.165) is 5.56 Å². The quantitative estimate of drug-likeness (QED) is 0.762. The molecule has 2 heterocycles. The zero-order valence-electron chi connectivity index (χ0n) is 15.6. The van der Waals surface area contributed by atoms with Crippen LogP contribution in [-0.4, -0.2) is 43.9 Å². The zero-order valence-corrected chi connectivity index (χ0v) is 16.4. The number of benzene rings is 1. The Balaban J connectivity index is 1.50. The van der Waals surface area contributed by atoms with Crippen molar-refractivity contribution in [2.75, 3.05) is 24.7 Å². The maximum Gasteiger partial charge on any atom is 0.291 e. The zero-order chi connectivity index (χ0) is 20.1. The molecule has 8 nitrogen and oxygen atoms in total. The molecule has 2 N–H and O–H groups in total. The molecule has 1 atom stereocenters. The molecule has 1 fully saturated rings. The van der Waals surface area contributed by atoms with Crippen LogP contribution in [0, 0.1) is 5.92 Å². The van der Waals surface area contributed by atoms with Gasteiger partial charge in [0, 0.05) is 25.3 Å². The predicted molar refractivity (Wildman–Crippen MR) is 104 cm³/mol. The number of rotatable bonds is 6. The number of hydrogen-bond donors (Lipinski definition) is 2. The number of anilines is 1. The summed E-state index contributed by atoms with van der Waals surface area (Å²) in [4.78, 5) is 24.3. The molecule has 0 spiro atoms. The molecule has 9 heteroatoms. The summed E-state index contributed by atoms with van der Waals surface area (Å²) in [7, 11) is -3.28. The molecular weight excluding hydrogens is 382 g/mol. The monoisotopic (exact) mass is 405 g/mol. The van der Waals surface area contributed by atoms with Crippen LogP contribution in [0.1, 0.15) is 29.0 Å². The van der Waals surface area contributed by atoms with Crippen LogP contribution in [0.4, 0.5) is 5.69 Å². The lowest BCUT2D eigenvalue weighted by atomic mass is 9.99. The summed E-state index contributed by atoms with van der Waals surface area (Å²) in [5, 5.41) is 5.59. The van der Waals surface area contributed by atoms with Gasteiger partial charge in [-0.05, 0) is 42.7 Å². The average Bonchev–Trinajstić information content (AvgIpc) is 3.21. The van der Waals surface area contributed by atoms with Gasteiger partial charge in [-0.2, -0.15) is 0 Å². The predicted octanol–water partition coefficient (Wildman–Crippen LogP) is 1.82. The number of carbonyl (C=O) groups is 2. The first-order valence-corrected chi connectivity index (χ1v) is 10.8. The van der Waals surface area contributed by atoms with Gasteiger partial charge in [-0.3, -0.25) is 9.59 Å². The Labute approximate surface area is 164 Å². The van der Waals surface area contributed by atoms with Gasteiger partial charge >= 0.3 is 0 Å². The molecule has 1 aromatic heterocycles. The first-order valence-electron chi connectivity index (χ1n) is 8.99. The van der Waals surface area contributed by atoms with Crippen molar-refractivity contribution in [3.8, 4) is 0 Å². The molecule has 1 saturated heterocycles. The molecule has 0 radical (unpaired) electrons. The standard InChI is InChI=1S/C19H23N3O5S/c1-28(25,26)22-10-2-4-15(13-22)18(23)20-12-14-6-8-16(9-7-14)21-19(24)17-5-3-11-27-17/h3,5-9,11,15H,2,4,10,12-13H2,1H3,(H,20,23)(H,21,24). The number of hydrogen-bond acceptors (Lipinski definition) is 5. The Morgan fingerprint density at radius 3 is 2.61 bits per heavy atom. The molecule has 150 valence electrons. The van der Waals surface area contributed by atoms with Crippen LogP contribution in [0.25, 0.3) is 0 Å². The van der Waals surface area contributed by atoms with E-state index in [4.69, 9.17) is 4.42 Å². The highest BCUT2D eigenvalue weighted by Gasteiger charge is 2.29. The summed E-state index contributed by atoms with van der Waals surface area (Å²) < 4.78 is 29.8. The minimum absolute atomic E-state index is 0.149. The van der Waals surface area contributed by atoms with Crippen LogP contribution in [0.3, 0.4) is 0 Å². The van der Waals surface area contributed by atoms with Crippen LogP contribution in [0.2, 0.25) is 0 Å². The maximum atomic E-state index is 12.4. The van der Waals surface area contributed by atoms with Crippen LogP contribution in [0.5, 0.6) is 0 Å². The maximum absolute atomic E-state index is 12.4. The smallest absolute Gasteiger partial charge is 0.291 e. The van der Waals surface area contributed by atoms with Crippen molar-refractivity contribution in [2.45, 2.75) is 19.4 Å². The number of amides is 2. The van der Waals surface area contributed by atoms with Crippen molar-refractivity contribution in [1.29, 1.82) is 0 Å². The summed E-state index contributed by atoms with van der Waals surface area (Å²) in [6.45, 7) is 1.02. The van der Waals surface area contributed by atoms with Gasteiger partial charge in [0.25, 0.3) is 5.91 Å². The second-order valence-electron chi connectivity index (χ2n) is 6.81. The second kappa shape index (κ2) is 8.57. The number of carbonyl (C=O) groups excluding carboxylic acids is 2. The van der Waals surface area contributed by atoms with Gasteiger partial charge in [-0.15, -0.1) is 0 Å². The van der Waals surface area contributed by atoms with Gasteiger partial charge in [-0.25, -0.2) is 12.7 Å². The van der Waals surface area contributed by atoms with E-state index in [2.05, 4.69) is 10.6 Å². The van der Waals surface area contributed by atoms with E-state index in [-0.39, 0.29) is 30.0 Å². The van der Waals surface area contributed by atoms with Crippen molar-refractivity contribution in [3.63, 3.8) is 0 Å². The molecule has 28 heavy (non-hydrogen) atoms. The average molecular weight is 405 g/mol. The lowest BCUT2D eigenvalue weighted by Gasteiger charge is -2.30. The first kappa shape index (κ1) is 20.1. The number of piperidine rings is 1. The highest BCUT2D eigenvalue weighted by Crippen LogP contribution is 2.19. The molecule has 1 aliphatic rings. The van der Waals surface area contributed by atoms with E-state index in [0.29, 0.717) is 31.6 Å². The number of sulfonamides is 1. The van der Waals surface area contributed by atoms with E-state index in [1.807, 2.05) is 12.1 Å². The van der Waals surface area contributed by atoms with Gasteiger partial charge in [0.1, 0.15) is 0 Å². The minimum atomic E-state index is -3.28. The normalized spacial score (nSPS) is 17.8. The molecule has 2 aromatic rings. The topological polar surface area (TPSA) is 109 Å². The van der Waals surface area contributed by atoms with Gasteiger partial charge in [-0.1, -0.05) is 12.1 Å². The Morgan fingerprint density at radius 1 is 1.21 bits per heavy atom. The molecule has 0 saturated carbocycles. The van der Waals surface area contributed by atoms with Crippen molar-refractivity contribution in [3.05, 3.63) is 54.0 Å². The fourth-order valence-corrected chi connectivity index (χ4v) is 4.01. The largest absolute Gasteiger partial charge is 0.459 e. The van der Waals surface area contributed by atoms with Gasteiger partial charge in [0.15, 0.2) is 5.76 Å². The molecule has 0 aliphatic carbocycles. The molecule has 2 amide bonds. The van der Waals surface area contributed by atoms with Gasteiger partial charge in [0.05, 0.1) is 18.4 Å². The Kier molecular flexibility index (Phi) is 6.15. The van der Waals surface area contributed by atoms with E-state index >= 15 is 0 Å². The lowest BCUT2D eigenvalue weighted by Crippen LogP contribution is -2.44. The van der Waals surface area contributed by atoms with Crippen LogP contribution in [0.15, 0.2) is 47.1 Å². The van der Waals surface area contributed by atoms with Gasteiger partial charge in [0.2, 0.25) is 15.9 Å². The highest BCUT2D eigenvalue weighted by atomic mass is 32.2. The summed E-state index contributed by atoms with van der Waals surface area (Å²) in [6.07, 6.45) is 3.95.